The van der Waals surface area contributed by atoms with Crippen LogP contribution in [0.5, 0.6) is 11.5 Å². The van der Waals surface area contributed by atoms with Crippen LogP contribution in [-0.2, 0) is 13.0 Å². The Morgan fingerprint density at radius 2 is 1.77 bits per heavy atom. The van der Waals surface area contributed by atoms with Crippen molar-refractivity contribution in [3.8, 4) is 11.5 Å². The van der Waals surface area contributed by atoms with Crippen LogP contribution in [0, 0.1) is 10.5 Å². The van der Waals surface area contributed by atoms with Crippen LogP contribution in [0.25, 0.3) is 0 Å². The van der Waals surface area contributed by atoms with Crippen molar-refractivity contribution in [2.75, 3.05) is 11.9 Å². The van der Waals surface area contributed by atoms with E-state index < -0.39 is 0 Å². The Morgan fingerprint density at radius 3 is 2.47 bits per heavy atom. The molecule has 0 aromatic heterocycles. The molecule has 0 saturated carbocycles. The maximum atomic E-state index is 13.0. The minimum Gasteiger partial charge on any atom is -0.490 e. The molecular weight excluding hydrogens is 489 g/mol. The van der Waals surface area contributed by atoms with Gasteiger partial charge in [0.05, 0.1) is 10.2 Å². The molecule has 30 heavy (non-hydrogen) atoms. The Balaban J connectivity index is 1.86. The average Bonchev–Trinajstić information content (AvgIpc) is 2.75. The van der Waals surface area contributed by atoms with Crippen molar-refractivity contribution in [1.29, 1.82) is 0 Å². The van der Waals surface area contributed by atoms with E-state index in [0.29, 0.717) is 30.3 Å². The smallest absolute Gasteiger partial charge is 0.255 e. The van der Waals surface area contributed by atoms with Gasteiger partial charge in [-0.15, -0.1) is 0 Å². The van der Waals surface area contributed by atoms with Crippen LogP contribution < -0.4 is 14.8 Å². The first kappa shape index (κ1) is 22.2. The van der Waals surface area contributed by atoms with E-state index in [1.54, 1.807) is 6.07 Å². The van der Waals surface area contributed by atoms with Gasteiger partial charge in [0.15, 0.2) is 11.5 Å². The second-order valence-corrected chi connectivity index (χ2v) is 8.07. The summed E-state index contributed by atoms with van der Waals surface area (Å²) in [6.07, 6.45) is 0.852. The van der Waals surface area contributed by atoms with Crippen molar-refractivity contribution >= 4 is 34.2 Å². The third kappa shape index (κ3) is 5.33. The van der Waals surface area contributed by atoms with Crippen molar-refractivity contribution < 1.29 is 14.3 Å². The summed E-state index contributed by atoms with van der Waals surface area (Å²) >= 11 is 2.19. The van der Waals surface area contributed by atoms with Crippen LogP contribution in [-0.4, -0.2) is 12.5 Å². The SMILES string of the molecule is CCOc1cc(C(=O)Nc2c(C)cccc2CC)cc(I)c1OCc1ccccc1. The maximum Gasteiger partial charge on any atom is 0.255 e. The van der Waals surface area contributed by atoms with E-state index in [9.17, 15) is 4.79 Å². The molecule has 0 atom stereocenters. The van der Waals surface area contributed by atoms with Gasteiger partial charge in [0.1, 0.15) is 6.61 Å². The number of carbonyl (C=O) groups excluding carboxylic acids is 1. The number of hydrogen-bond donors (Lipinski definition) is 1. The van der Waals surface area contributed by atoms with Crippen LogP contribution in [0.15, 0.2) is 60.7 Å². The second kappa shape index (κ2) is 10.5. The van der Waals surface area contributed by atoms with Crippen LogP contribution in [0.2, 0.25) is 0 Å². The summed E-state index contributed by atoms with van der Waals surface area (Å²) in [5.41, 5.74) is 4.66. The van der Waals surface area contributed by atoms with E-state index in [2.05, 4.69) is 34.8 Å². The molecule has 156 valence electrons. The predicted octanol–water partition coefficient (Wildman–Crippen LogP) is 6.39. The van der Waals surface area contributed by atoms with Gasteiger partial charge in [-0.3, -0.25) is 4.79 Å². The molecule has 0 bridgehead atoms. The first-order chi connectivity index (χ1) is 14.5. The maximum absolute atomic E-state index is 13.0. The van der Waals surface area contributed by atoms with E-state index >= 15 is 0 Å². The number of carbonyl (C=O) groups is 1. The summed E-state index contributed by atoms with van der Waals surface area (Å²) in [5, 5.41) is 3.08. The fraction of sp³-hybridized carbons (Fsp3) is 0.240. The molecule has 1 amide bonds. The van der Waals surface area contributed by atoms with E-state index in [4.69, 9.17) is 9.47 Å². The summed E-state index contributed by atoms with van der Waals surface area (Å²) in [6.45, 7) is 6.93. The van der Waals surface area contributed by atoms with E-state index in [1.807, 2.05) is 68.4 Å². The molecule has 5 heteroatoms. The fourth-order valence-electron chi connectivity index (χ4n) is 3.22. The van der Waals surface area contributed by atoms with Crippen LogP contribution in [0.3, 0.4) is 0 Å². The third-order valence-corrected chi connectivity index (χ3v) is 5.58. The van der Waals surface area contributed by atoms with Gasteiger partial charge in [-0.25, -0.2) is 0 Å². The largest absolute Gasteiger partial charge is 0.490 e. The van der Waals surface area contributed by atoms with Crippen LogP contribution >= 0.6 is 22.6 Å². The lowest BCUT2D eigenvalue weighted by molar-refractivity contribution is 0.102. The van der Waals surface area contributed by atoms with E-state index in [-0.39, 0.29) is 5.91 Å². The quantitative estimate of drug-likeness (QED) is 0.354. The molecule has 4 nitrogen and oxygen atoms in total. The molecule has 0 heterocycles. The Hall–Kier alpha value is -2.54. The molecular formula is C25H26INO3. The number of hydrogen-bond acceptors (Lipinski definition) is 3. The zero-order chi connectivity index (χ0) is 21.5. The number of aryl methyl sites for hydroxylation is 2. The lowest BCUT2D eigenvalue weighted by Gasteiger charge is -2.17. The summed E-state index contributed by atoms with van der Waals surface area (Å²) in [4.78, 5) is 13.0. The van der Waals surface area contributed by atoms with Crippen molar-refractivity contribution in [3.63, 3.8) is 0 Å². The van der Waals surface area contributed by atoms with Gasteiger partial charge in [-0.1, -0.05) is 55.5 Å². The fourth-order valence-corrected chi connectivity index (χ4v) is 3.98. The number of ether oxygens (including phenoxy) is 2. The average molecular weight is 515 g/mol. The summed E-state index contributed by atoms with van der Waals surface area (Å²) < 4.78 is 12.7. The molecule has 0 aliphatic rings. The Kier molecular flexibility index (Phi) is 7.74. The molecule has 3 rings (SSSR count). The molecule has 3 aromatic rings. The molecule has 3 aromatic carbocycles. The molecule has 0 aliphatic heterocycles. The highest BCUT2D eigenvalue weighted by molar-refractivity contribution is 14.1. The van der Waals surface area contributed by atoms with Gasteiger partial charge < -0.3 is 14.8 Å². The number of para-hydroxylation sites is 1. The number of halogens is 1. The van der Waals surface area contributed by atoms with Crippen LogP contribution in [0.1, 0.15) is 40.9 Å². The van der Waals surface area contributed by atoms with E-state index in [0.717, 1.165) is 32.4 Å². The third-order valence-electron chi connectivity index (χ3n) is 4.78. The normalized spacial score (nSPS) is 10.5. The van der Waals surface area contributed by atoms with Gasteiger partial charge >= 0.3 is 0 Å². The van der Waals surface area contributed by atoms with Crippen molar-refractivity contribution in [2.24, 2.45) is 0 Å². The van der Waals surface area contributed by atoms with Crippen LogP contribution in [0.4, 0.5) is 5.69 Å². The lowest BCUT2D eigenvalue weighted by Crippen LogP contribution is -2.15. The molecule has 0 saturated heterocycles. The zero-order valence-corrected chi connectivity index (χ0v) is 19.7. The first-order valence-corrected chi connectivity index (χ1v) is 11.1. The highest BCUT2D eigenvalue weighted by Crippen LogP contribution is 2.35. The Bertz CT molecular complexity index is 1020. The number of nitrogens with one attached hydrogen (secondary N) is 1. The molecule has 1 N–H and O–H groups in total. The first-order valence-electron chi connectivity index (χ1n) is 10.1. The van der Waals surface area contributed by atoms with Gasteiger partial charge in [0.25, 0.3) is 5.91 Å². The zero-order valence-electron chi connectivity index (χ0n) is 17.5. The second-order valence-electron chi connectivity index (χ2n) is 6.91. The number of rotatable bonds is 8. The predicted molar refractivity (Wildman–Crippen MR) is 130 cm³/mol. The Labute approximate surface area is 191 Å². The van der Waals surface area contributed by atoms with E-state index in [1.165, 1.54) is 0 Å². The van der Waals surface area contributed by atoms with Crippen molar-refractivity contribution in [1.82, 2.24) is 0 Å². The molecule has 0 aliphatic carbocycles. The minimum absolute atomic E-state index is 0.160. The molecule has 0 radical (unpaired) electrons. The van der Waals surface area contributed by atoms with Gasteiger partial charge in [0.2, 0.25) is 0 Å². The Morgan fingerprint density at radius 1 is 1.00 bits per heavy atom. The highest BCUT2D eigenvalue weighted by Gasteiger charge is 2.17. The highest BCUT2D eigenvalue weighted by atomic mass is 127. The summed E-state index contributed by atoms with van der Waals surface area (Å²) in [6, 6.07) is 19.6. The van der Waals surface area contributed by atoms with Gasteiger partial charge in [0, 0.05) is 11.3 Å². The molecule has 0 fully saturated rings. The standard InChI is InChI=1S/C25H26INO3/c1-4-19-13-9-10-17(3)23(19)27-25(28)20-14-21(26)24(22(15-20)29-5-2)30-16-18-11-7-6-8-12-18/h6-15H,4-5,16H2,1-3H3,(H,27,28). The lowest BCUT2D eigenvalue weighted by atomic mass is 10.1. The number of anilines is 1. The van der Waals surface area contributed by atoms with Gasteiger partial charge in [-0.2, -0.15) is 0 Å². The topological polar surface area (TPSA) is 47.6 Å². The van der Waals surface area contributed by atoms with Crippen molar-refractivity contribution in [3.05, 3.63) is 86.5 Å². The molecule has 0 spiro atoms. The minimum atomic E-state index is -0.160. The monoisotopic (exact) mass is 515 g/mol. The van der Waals surface area contributed by atoms with Crippen molar-refractivity contribution in [2.45, 2.75) is 33.8 Å². The van der Waals surface area contributed by atoms with Gasteiger partial charge in [-0.05, 0) is 71.7 Å². The summed E-state index contributed by atoms with van der Waals surface area (Å²) in [7, 11) is 0. The summed E-state index contributed by atoms with van der Waals surface area (Å²) in [5.74, 6) is 1.07. The number of benzene rings is 3. The number of amides is 1. The molecule has 0 unspecified atom stereocenters.